The molecule has 11 heteroatoms. The van der Waals surface area contributed by atoms with Crippen molar-refractivity contribution < 1.29 is 23.8 Å². The number of anilines is 2. The van der Waals surface area contributed by atoms with E-state index in [9.17, 15) is 9.59 Å². The number of hydrogen-bond acceptors (Lipinski definition) is 7. The Hall–Kier alpha value is -3.79. The molecule has 0 spiro atoms. The summed E-state index contributed by atoms with van der Waals surface area (Å²) >= 11 is 6.14. The van der Waals surface area contributed by atoms with E-state index in [1.165, 1.54) is 43.6 Å². The molecule has 0 saturated carbocycles. The molecule has 1 unspecified atom stereocenters. The maximum atomic E-state index is 13.1. The van der Waals surface area contributed by atoms with E-state index in [-0.39, 0.29) is 24.8 Å². The fourth-order valence-corrected chi connectivity index (χ4v) is 3.90. The van der Waals surface area contributed by atoms with Gasteiger partial charge in [-0.2, -0.15) is 5.10 Å². The van der Waals surface area contributed by atoms with Gasteiger partial charge in [-0.05, 0) is 18.2 Å². The highest BCUT2D eigenvalue weighted by molar-refractivity contribution is 6.31. The van der Waals surface area contributed by atoms with Crippen molar-refractivity contribution in [3.05, 3.63) is 48.0 Å². The number of aromatic nitrogens is 3. The van der Waals surface area contributed by atoms with Gasteiger partial charge in [0.15, 0.2) is 11.5 Å². The van der Waals surface area contributed by atoms with Crippen molar-refractivity contribution >= 4 is 34.8 Å². The van der Waals surface area contributed by atoms with Gasteiger partial charge in [0.05, 0.1) is 44.3 Å². The molecule has 10 nitrogen and oxygen atoms in total. The molecule has 3 aromatic rings. The highest BCUT2D eigenvalue weighted by Crippen LogP contribution is 2.42. The summed E-state index contributed by atoms with van der Waals surface area (Å²) in [7, 11) is 4.51. The van der Waals surface area contributed by atoms with Gasteiger partial charge in [0, 0.05) is 30.1 Å². The zero-order chi connectivity index (χ0) is 23.5. The summed E-state index contributed by atoms with van der Waals surface area (Å²) in [4.78, 5) is 31.3. The first kappa shape index (κ1) is 22.4. The van der Waals surface area contributed by atoms with Crippen LogP contribution < -0.4 is 24.4 Å². The van der Waals surface area contributed by atoms with E-state index in [0.717, 1.165) is 0 Å². The quantitative estimate of drug-likeness (QED) is 0.564. The molecule has 0 aliphatic carbocycles. The summed E-state index contributed by atoms with van der Waals surface area (Å²) in [5.74, 6) is 0.201. The highest BCUT2D eigenvalue weighted by Gasteiger charge is 2.36. The van der Waals surface area contributed by atoms with Gasteiger partial charge < -0.3 is 24.4 Å². The molecule has 1 aromatic heterocycles. The van der Waals surface area contributed by atoms with Crippen LogP contribution in [-0.2, 0) is 9.59 Å². The molecule has 2 amide bonds. The number of halogens is 1. The van der Waals surface area contributed by atoms with Crippen LogP contribution in [0.5, 0.6) is 17.2 Å². The topological polar surface area (TPSA) is 108 Å². The zero-order valence-electron chi connectivity index (χ0n) is 18.2. The smallest absolute Gasteiger partial charge is 0.229 e. The van der Waals surface area contributed by atoms with Crippen LogP contribution in [0.15, 0.2) is 43.0 Å². The molecule has 1 aliphatic rings. The summed E-state index contributed by atoms with van der Waals surface area (Å²) in [6.07, 6.45) is 2.97. The van der Waals surface area contributed by atoms with E-state index in [0.29, 0.717) is 39.3 Å². The Kier molecular flexibility index (Phi) is 6.36. The fraction of sp³-hybridized carbons (Fsp3) is 0.273. The maximum Gasteiger partial charge on any atom is 0.229 e. The predicted molar refractivity (Wildman–Crippen MR) is 122 cm³/mol. The van der Waals surface area contributed by atoms with Gasteiger partial charge in [-0.25, -0.2) is 9.67 Å². The van der Waals surface area contributed by atoms with Crippen molar-refractivity contribution in [2.45, 2.75) is 6.42 Å². The lowest BCUT2D eigenvalue weighted by Crippen LogP contribution is -2.28. The van der Waals surface area contributed by atoms with Crippen LogP contribution in [0.4, 0.5) is 11.4 Å². The van der Waals surface area contributed by atoms with Crippen LogP contribution >= 0.6 is 11.6 Å². The SMILES string of the molecule is COc1cc(N2CC(C(=O)Nc3cc(Cl)ccc3-n3cncn3)CC2=O)cc(OC)c1OC. The minimum absolute atomic E-state index is 0.0573. The first-order chi connectivity index (χ1) is 15.9. The molecule has 1 atom stereocenters. The van der Waals surface area contributed by atoms with Crippen LogP contribution in [-0.4, -0.2) is 54.5 Å². The van der Waals surface area contributed by atoms with Gasteiger partial charge >= 0.3 is 0 Å². The maximum absolute atomic E-state index is 13.1. The Balaban J connectivity index is 1.56. The molecule has 4 rings (SSSR count). The van der Waals surface area contributed by atoms with Crippen molar-refractivity contribution in [1.29, 1.82) is 0 Å². The molecule has 1 fully saturated rings. The Labute approximate surface area is 195 Å². The molecule has 2 heterocycles. The molecular weight excluding hydrogens is 450 g/mol. The first-order valence-electron chi connectivity index (χ1n) is 10.0. The Bertz CT molecular complexity index is 1160. The number of benzene rings is 2. The zero-order valence-corrected chi connectivity index (χ0v) is 19.0. The number of nitrogens with one attached hydrogen (secondary N) is 1. The van der Waals surface area contributed by atoms with Crippen LogP contribution in [0.3, 0.4) is 0 Å². The molecule has 0 bridgehead atoms. The van der Waals surface area contributed by atoms with Gasteiger partial charge in [-0.3, -0.25) is 9.59 Å². The van der Waals surface area contributed by atoms with Crippen molar-refractivity contribution in [1.82, 2.24) is 14.8 Å². The number of rotatable bonds is 7. The lowest BCUT2D eigenvalue weighted by atomic mass is 10.1. The molecule has 0 radical (unpaired) electrons. The van der Waals surface area contributed by atoms with E-state index >= 15 is 0 Å². The first-order valence-corrected chi connectivity index (χ1v) is 10.4. The molecule has 1 aliphatic heterocycles. The van der Waals surface area contributed by atoms with E-state index in [2.05, 4.69) is 15.4 Å². The van der Waals surface area contributed by atoms with Crippen molar-refractivity contribution in [3.8, 4) is 22.9 Å². The monoisotopic (exact) mass is 471 g/mol. The summed E-state index contributed by atoms with van der Waals surface area (Å²) in [5.41, 5.74) is 1.63. The van der Waals surface area contributed by atoms with Crippen molar-refractivity contribution in [3.63, 3.8) is 0 Å². The van der Waals surface area contributed by atoms with Gasteiger partial charge in [-0.15, -0.1) is 0 Å². The van der Waals surface area contributed by atoms with E-state index < -0.39 is 5.92 Å². The minimum atomic E-state index is -0.570. The summed E-state index contributed by atoms with van der Waals surface area (Å²) in [5, 5.41) is 7.44. The summed E-state index contributed by atoms with van der Waals surface area (Å²) < 4.78 is 17.6. The third kappa shape index (κ3) is 4.42. The highest BCUT2D eigenvalue weighted by atomic mass is 35.5. The number of carbonyl (C=O) groups is 2. The molecule has 1 saturated heterocycles. The standard InChI is InChI=1S/C22H22ClN5O5/c1-31-18-8-15(9-19(32-2)21(18)33-3)27-10-13(6-20(27)29)22(30)26-16-7-14(23)4-5-17(16)28-12-24-11-25-28/h4-5,7-9,11-13H,6,10H2,1-3H3,(H,26,30). The third-order valence-corrected chi connectivity index (χ3v) is 5.57. The lowest BCUT2D eigenvalue weighted by molar-refractivity contribution is -0.122. The van der Waals surface area contributed by atoms with Crippen molar-refractivity contribution in [2.24, 2.45) is 5.92 Å². The van der Waals surface area contributed by atoms with Gasteiger partial charge in [0.1, 0.15) is 12.7 Å². The normalized spacial score (nSPS) is 15.5. The van der Waals surface area contributed by atoms with Crippen LogP contribution in [0.2, 0.25) is 5.02 Å². The van der Waals surface area contributed by atoms with Gasteiger partial charge in [-0.1, -0.05) is 11.6 Å². The third-order valence-electron chi connectivity index (χ3n) is 5.34. The molecule has 172 valence electrons. The second-order valence-corrected chi connectivity index (χ2v) is 7.72. The number of methoxy groups -OCH3 is 3. The number of carbonyl (C=O) groups excluding carboxylic acids is 2. The second kappa shape index (κ2) is 9.37. The second-order valence-electron chi connectivity index (χ2n) is 7.28. The van der Waals surface area contributed by atoms with E-state index in [1.54, 1.807) is 30.3 Å². The largest absolute Gasteiger partial charge is 0.493 e. The Morgan fingerprint density at radius 1 is 1.12 bits per heavy atom. The molecule has 2 aromatic carbocycles. The van der Waals surface area contributed by atoms with Crippen LogP contribution in [0, 0.1) is 5.92 Å². The lowest BCUT2D eigenvalue weighted by Gasteiger charge is -2.20. The van der Waals surface area contributed by atoms with Gasteiger partial charge in [0.25, 0.3) is 0 Å². The number of ether oxygens (including phenoxy) is 3. The number of amides is 2. The predicted octanol–water partition coefficient (Wildman–Crippen LogP) is 2.94. The number of nitrogens with zero attached hydrogens (tertiary/aromatic N) is 4. The van der Waals surface area contributed by atoms with E-state index in [1.807, 2.05) is 0 Å². The van der Waals surface area contributed by atoms with Gasteiger partial charge in [0.2, 0.25) is 17.6 Å². The average Bonchev–Trinajstić information content (AvgIpc) is 3.48. The van der Waals surface area contributed by atoms with Crippen molar-refractivity contribution in [2.75, 3.05) is 38.1 Å². The average molecular weight is 472 g/mol. The van der Waals surface area contributed by atoms with Crippen LogP contribution in [0.25, 0.3) is 5.69 Å². The molecule has 33 heavy (non-hydrogen) atoms. The van der Waals surface area contributed by atoms with Crippen LogP contribution in [0.1, 0.15) is 6.42 Å². The number of hydrogen-bond donors (Lipinski definition) is 1. The minimum Gasteiger partial charge on any atom is -0.493 e. The summed E-state index contributed by atoms with van der Waals surface area (Å²) in [6.45, 7) is 0.197. The molecule has 1 N–H and O–H groups in total. The van der Waals surface area contributed by atoms with E-state index in [4.69, 9.17) is 25.8 Å². The Morgan fingerprint density at radius 3 is 2.45 bits per heavy atom. The Morgan fingerprint density at radius 2 is 1.85 bits per heavy atom. The summed E-state index contributed by atoms with van der Waals surface area (Å²) in [6, 6.07) is 8.41. The fourth-order valence-electron chi connectivity index (χ4n) is 3.73. The molecular formula is C22H22ClN5O5.